The molecule has 0 aromatic heterocycles. The van der Waals surface area contributed by atoms with Crippen LogP contribution in [-0.2, 0) is 19.1 Å². The average molecular weight is 340 g/mol. The minimum Gasteiger partial charge on any atom is -0.396 e. The van der Waals surface area contributed by atoms with Crippen LogP contribution in [0.1, 0.15) is 71.1 Å². The number of hydrogen-bond acceptors (Lipinski definition) is 5. The molecule has 1 rings (SSSR count). The van der Waals surface area contributed by atoms with Crippen LogP contribution in [0, 0.1) is 0 Å². The largest absolute Gasteiger partial charge is 0.396 e. The van der Waals surface area contributed by atoms with E-state index in [4.69, 9.17) is 14.6 Å². The first-order valence-corrected chi connectivity index (χ1v) is 9.01. The quantitative estimate of drug-likeness (QED) is 0.436. The molecule has 0 bridgehead atoms. The zero-order valence-corrected chi connectivity index (χ0v) is 15.4. The lowest BCUT2D eigenvalue weighted by Gasteiger charge is -2.33. The van der Waals surface area contributed by atoms with E-state index in [0.717, 1.165) is 32.1 Å². The molecule has 0 aromatic rings. The number of rotatable bonds is 12. The molecule has 0 amide bonds. The third-order valence-electron chi connectivity index (χ3n) is 4.86. The molecular weight excluding hydrogens is 308 g/mol. The highest BCUT2D eigenvalue weighted by atomic mass is 16.7. The van der Waals surface area contributed by atoms with Crippen LogP contribution in [0.4, 0.5) is 0 Å². The highest BCUT2D eigenvalue weighted by Gasteiger charge is 2.46. The van der Waals surface area contributed by atoms with E-state index in [1.54, 1.807) is 6.92 Å². The molecule has 24 heavy (non-hydrogen) atoms. The number of carbonyl (C=O) groups excluding carboxylic acids is 2. The Kier molecular flexibility index (Phi) is 9.41. The first-order chi connectivity index (χ1) is 11.5. The van der Waals surface area contributed by atoms with Crippen molar-refractivity contribution in [1.82, 2.24) is 0 Å². The summed E-state index contributed by atoms with van der Waals surface area (Å²) in [4.78, 5) is 24.8. The van der Waals surface area contributed by atoms with E-state index >= 15 is 0 Å². The molecule has 0 spiro atoms. The highest BCUT2D eigenvalue weighted by molar-refractivity contribution is 6.14. The van der Waals surface area contributed by atoms with Crippen molar-refractivity contribution in [2.75, 3.05) is 20.8 Å². The predicted octanol–water partition coefficient (Wildman–Crippen LogP) is 3.34. The summed E-state index contributed by atoms with van der Waals surface area (Å²) in [6.07, 6.45) is 9.32. The molecule has 0 unspecified atom stereocenters. The Morgan fingerprint density at radius 1 is 0.917 bits per heavy atom. The van der Waals surface area contributed by atoms with Crippen molar-refractivity contribution in [3.05, 3.63) is 11.1 Å². The van der Waals surface area contributed by atoms with Gasteiger partial charge in [0.1, 0.15) is 0 Å². The van der Waals surface area contributed by atoms with Gasteiger partial charge in [0.15, 0.2) is 5.78 Å². The Balaban J connectivity index is 2.38. The minimum atomic E-state index is -1.43. The zero-order chi connectivity index (χ0) is 18.0. The number of hydrogen-bond donors (Lipinski definition) is 1. The van der Waals surface area contributed by atoms with Gasteiger partial charge in [-0.1, -0.05) is 38.5 Å². The van der Waals surface area contributed by atoms with Crippen LogP contribution >= 0.6 is 0 Å². The first kappa shape index (κ1) is 21.0. The third-order valence-corrected chi connectivity index (χ3v) is 4.86. The number of ketones is 2. The van der Waals surface area contributed by atoms with Gasteiger partial charge >= 0.3 is 0 Å². The second-order valence-electron chi connectivity index (χ2n) is 6.50. The van der Waals surface area contributed by atoms with Crippen molar-refractivity contribution in [3.8, 4) is 0 Å². The van der Waals surface area contributed by atoms with Gasteiger partial charge in [-0.05, 0) is 26.2 Å². The molecule has 1 aliphatic rings. The van der Waals surface area contributed by atoms with Gasteiger partial charge in [0, 0.05) is 32.0 Å². The summed E-state index contributed by atoms with van der Waals surface area (Å²) < 4.78 is 10.4. The summed E-state index contributed by atoms with van der Waals surface area (Å²) in [7, 11) is 2.79. The summed E-state index contributed by atoms with van der Waals surface area (Å²) in [6, 6.07) is 0. The van der Waals surface area contributed by atoms with Crippen LogP contribution in [-0.4, -0.2) is 43.3 Å². The SMILES string of the molecule is COC1(OC)CC(=O)C(CCCCCCCCCCO)=C(C)C1=O. The molecule has 0 saturated heterocycles. The lowest BCUT2D eigenvalue weighted by atomic mass is 9.83. The fraction of sp³-hybridized carbons (Fsp3) is 0.789. The maximum atomic E-state index is 12.4. The maximum absolute atomic E-state index is 12.4. The van der Waals surface area contributed by atoms with Gasteiger partial charge in [-0.2, -0.15) is 0 Å². The molecule has 0 heterocycles. The Hall–Kier alpha value is -1.04. The van der Waals surface area contributed by atoms with E-state index in [0.29, 0.717) is 17.6 Å². The fourth-order valence-electron chi connectivity index (χ4n) is 3.24. The Morgan fingerprint density at radius 2 is 1.42 bits per heavy atom. The summed E-state index contributed by atoms with van der Waals surface area (Å²) >= 11 is 0. The van der Waals surface area contributed by atoms with Crippen molar-refractivity contribution in [1.29, 1.82) is 0 Å². The van der Waals surface area contributed by atoms with E-state index in [2.05, 4.69) is 0 Å². The molecule has 1 N–H and O–H groups in total. The van der Waals surface area contributed by atoms with Crippen LogP contribution in [0.2, 0.25) is 0 Å². The molecule has 0 atom stereocenters. The average Bonchev–Trinajstić information content (AvgIpc) is 2.59. The van der Waals surface area contributed by atoms with E-state index in [9.17, 15) is 9.59 Å². The first-order valence-electron chi connectivity index (χ1n) is 9.01. The number of allylic oxidation sites excluding steroid dienone is 1. The standard InChI is InChI=1S/C19H32O5/c1-15-16(12-10-8-6-4-5-7-9-11-13-20)17(21)14-19(23-2,24-3)18(15)22/h20H,4-14H2,1-3H3. The Labute approximate surface area is 145 Å². The van der Waals surface area contributed by atoms with Gasteiger partial charge in [-0.25, -0.2) is 0 Å². The number of unbranched alkanes of at least 4 members (excludes halogenated alkanes) is 7. The van der Waals surface area contributed by atoms with E-state index in [1.807, 2.05) is 0 Å². The monoisotopic (exact) mass is 340 g/mol. The third kappa shape index (κ3) is 5.50. The molecule has 1 aliphatic carbocycles. The second kappa shape index (κ2) is 10.7. The van der Waals surface area contributed by atoms with Crippen LogP contribution in [0.3, 0.4) is 0 Å². The number of Topliss-reactive ketones (excluding diaryl/α,β-unsaturated/α-hetero) is 2. The van der Waals surface area contributed by atoms with Crippen LogP contribution in [0.15, 0.2) is 11.1 Å². The fourth-order valence-corrected chi connectivity index (χ4v) is 3.24. The molecule has 0 saturated carbocycles. The van der Waals surface area contributed by atoms with Crippen LogP contribution in [0.5, 0.6) is 0 Å². The lowest BCUT2D eigenvalue weighted by Crippen LogP contribution is -2.48. The molecule has 5 heteroatoms. The lowest BCUT2D eigenvalue weighted by molar-refractivity contribution is -0.207. The molecule has 0 aliphatic heterocycles. The van der Waals surface area contributed by atoms with Gasteiger partial charge in [0.2, 0.25) is 11.6 Å². The topological polar surface area (TPSA) is 72.8 Å². The predicted molar refractivity (Wildman–Crippen MR) is 92.7 cm³/mol. The van der Waals surface area contributed by atoms with E-state index in [1.165, 1.54) is 33.5 Å². The number of aliphatic hydroxyl groups is 1. The summed E-state index contributed by atoms with van der Waals surface area (Å²) in [5, 5.41) is 8.72. The van der Waals surface area contributed by atoms with Gasteiger partial charge in [0.25, 0.3) is 0 Å². The normalized spacial score (nSPS) is 17.7. The molecule has 0 radical (unpaired) electrons. The Bertz CT molecular complexity index is 449. The number of carbonyl (C=O) groups is 2. The van der Waals surface area contributed by atoms with E-state index in [-0.39, 0.29) is 24.6 Å². The van der Waals surface area contributed by atoms with Crippen LogP contribution < -0.4 is 0 Å². The van der Waals surface area contributed by atoms with Crippen LogP contribution in [0.25, 0.3) is 0 Å². The van der Waals surface area contributed by atoms with Crippen molar-refractivity contribution in [3.63, 3.8) is 0 Å². The maximum Gasteiger partial charge on any atom is 0.240 e. The zero-order valence-electron chi connectivity index (χ0n) is 15.4. The summed E-state index contributed by atoms with van der Waals surface area (Å²) in [5.74, 6) is -1.70. The highest BCUT2D eigenvalue weighted by Crippen LogP contribution is 2.32. The van der Waals surface area contributed by atoms with Gasteiger partial charge in [-0.15, -0.1) is 0 Å². The molecule has 5 nitrogen and oxygen atoms in total. The van der Waals surface area contributed by atoms with E-state index < -0.39 is 5.79 Å². The van der Waals surface area contributed by atoms with Gasteiger partial charge in [0.05, 0.1) is 6.42 Å². The Morgan fingerprint density at radius 3 is 1.92 bits per heavy atom. The number of aliphatic hydroxyl groups excluding tert-OH is 1. The summed E-state index contributed by atoms with van der Waals surface area (Å²) in [6.45, 7) is 1.98. The number of methoxy groups -OCH3 is 2. The molecule has 0 aromatic carbocycles. The summed E-state index contributed by atoms with van der Waals surface area (Å²) in [5.41, 5.74) is 1.13. The van der Waals surface area contributed by atoms with Crippen molar-refractivity contribution >= 4 is 11.6 Å². The second-order valence-corrected chi connectivity index (χ2v) is 6.50. The smallest absolute Gasteiger partial charge is 0.240 e. The molecule has 138 valence electrons. The number of ether oxygens (including phenoxy) is 2. The van der Waals surface area contributed by atoms with Gasteiger partial charge < -0.3 is 14.6 Å². The van der Waals surface area contributed by atoms with Crippen molar-refractivity contribution in [2.24, 2.45) is 0 Å². The molecular formula is C19H32O5. The van der Waals surface area contributed by atoms with Gasteiger partial charge in [-0.3, -0.25) is 9.59 Å². The van der Waals surface area contributed by atoms with Crippen molar-refractivity contribution < 1.29 is 24.2 Å². The molecule has 0 fully saturated rings. The van der Waals surface area contributed by atoms with Crippen molar-refractivity contribution in [2.45, 2.75) is 76.9 Å². The minimum absolute atomic E-state index is 0.0314.